The van der Waals surface area contributed by atoms with Gasteiger partial charge in [-0.15, -0.1) is 0 Å². The number of aldehydes is 1. The molecule has 0 saturated carbocycles. The number of fused-ring (bicyclic) bond motifs is 1. The van der Waals surface area contributed by atoms with Crippen molar-refractivity contribution in [3.05, 3.63) is 47.0 Å². The summed E-state index contributed by atoms with van der Waals surface area (Å²) in [6, 6.07) is 5.06. The Morgan fingerprint density at radius 2 is 2.33 bits per heavy atom. The largest absolute Gasteiger partial charge is 0.364 e. The lowest BCUT2D eigenvalue weighted by atomic mass is 9.96. The maximum absolute atomic E-state index is 13.1. The van der Waals surface area contributed by atoms with E-state index in [1.807, 2.05) is 12.3 Å². The molecule has 0 radical (unpaired) electrons. The van der Waals surface area contributed by atoms with E-state index in [0.717, 1.165) is 36.8 Å². The maximum atomic E-state index is 13.1. The van der Waals surface area contributed by atoms with E-state index in [1.54, 1.807) is 6.07 Å². The second kappa shape index (κ2) is 4.44. The number of carbonyl (C=O) groups excluding carboxylic acids is 1. The highest BCUT2D eigenvalue weighted by molar-refractivity contribution is 5.58. The Kier molecular flexibility index (Phi) is 2.78. The number of aryl methyl sites for hydroxylation is 1. The van der Waals surface area contributed by atoms with Crippen LogP contribution in [-0.2, 0) is 11.2 Å². The van der Waals surface area contributed by atoms with Crippen LogP contribution in [0.4, 0.5) is 4.39 Å². The van der Waals surface area contributed by atoms with Gasteiger partial charge in [-0.3, -0.25) is 4.79 Å². The molecule has 1 aromatic carbocycles. The quantitative estimate of drug-likeness (QED) is 0.799. The minimum Gasteiger partial charge on any atom is -0.364 e. The lowest BCUT2D eigenvalue weighted by Crippen LogP contribution is -2.33. The van der Waals surface area contributed by atoms with Crippen LogP contribution in [0, 0.1) is 5.82 Å². The van der Waals surface area contributed by atoms with Crippen LogP contribution >= 0.6 is 0 Å². The van der Waals surface area contributed by atoms with Crippen LogP contribution in [-0.4, -0.2) is 12.5 Å². The lowest BCUT2D eigenvalue weighted by Gasteiger charge is -2.13. The van der Waals surface area contributed by atoms with Crippen molar-refractivity contribution in [1.82, 2.24) is 10.6 Å². The van der Waals surface area contributed by atoms with Crippen LogP contribution < -0.4 is 10.6 Å². The molecule has 18 heavy (non-hydrogen) atoms. The monoisotopic (exact) mass is 246 g/mol. The van der Waals surface area contributed by atoms with Gasteiger partial charge in [0.25, 0.3) is 0 Å². The summed E-state index contributed by atoms with van der Waals surface area (Å²) in [7, 11) is 0. The zero-order chi connectivity index (χ0) is 12.5. The molecule has 3 nitrogen and oxygen atoms in total. The number of carbonyl (C=O) groups is 1. The standard InChI is InChI=1S/C14H15FN2O/c15-11-3-4-13-9(5-11)1-2-10(13)6-12-7-16-14(8-18)17-12/h3-5,7-8,10,14,16-17H,1-2,6H2. The molecule has 94 valence electrons. The van der Waals surface area contributed by atoms with Gasteiger partial charge in [-0.2, -0.15) is 0 Å². The van der Waals surface area contributed by atoms with Crippen molar-refractivity contribution in [2.24, 2.45) is 0 Å². The van der Waals surface area contributed by atoms with E-state index in [2.05, 4.69) is 10.6 Å². The molecule has 2 aliphatic rings. The number of nitrogens with one attached hydrogen (secondary N) is 2. The summed E-state index contributed by atoms with van der Waals surface area (Å²) in [6.45, 7) is 0. The van der Waals surface area contributed by atoms with E-state index >= 15 is 0 Å². The molecule has 0 aromatic heterocycles. The van der Waals surface area contributed by atoms with E-state index in [1.165, 1.54) is 11.6 Å². The van der Waals surface area contributed by atoms with E-state index in [0.29, 0.717) is 5.92 Å². The molecule has 2 N–H and O–H groups in total. The average molecular weight is 246 g/mol. The van der Waals surface area contributed by atoms with Gasteiger partial charge in [-0.05, 0) is 48.4 Å². The van der Waals surface area contributed by atoms with Gasteiger partial charge < -0.3 is 10.6 Å². The zero-order valence-corrected chi connectivity index (χ0v) is 9.95. The lowest BCUT2D eigenvalue weighted by molar-refractivity contribution is -0.109. The average Bonchev–Trinajstić information content (AvgIpc) is 2.97. The van der Waals surface area contributed by atoms with Gasteiger partial charge in [0, 0.05) is 11.9 Å². The Morgan fingerprint density at radius 1 is 1.44 bits per heavy atom. The second-order valence-electron chi connectivity index (χ2n) is 4.88. The fraction of sp³-hybridized carbons (Fsp3) is 0.357. The molecule has 1 aromatic rings. The molecule has 2 unspecified atom stereocenters. The summed E-state index contributed by atoms with van der Waals surface area (Å²) in [6.07, 6.45) is 5.27. The number of hydrogen-bond donors (Lipinski definition) is 2. The van der Waals surface area contributed by atoms with E-state index in [-0.39, 0.29) is 12.0 Å². The summed E-state index contributed by atoms with van der Waals surface area (Å²) in [4.78, 5) is 10.6. The third-order valence-corrected chi connectivity index (χ3v) is 3.69. The topological polar surface area (TPSA) is 41.1 Å². The minimum atomic E-state index is -0.297. The molecule has 1 aliphatic heterocycles. The number of hydrogen-bond acceptors (Lipinski definition) is 3. The van der Waals surface area contributed by atoms with Gasteiger partial charge in [0.15, 0.2) is 12.5 Å². The van der Waals surface area contributed by atoms with Crippen molar-refractivity contribution in [2.45, 2.75) is 31.3 Å². The Labute approximate surface area is 105 Å². The minimum absolute atomic E-state index is 0.157. The predicted molar refractivity (Wildman–Crippen MR) is 66.3 cm³/mol. The van der Waals surface area contributed by atoms with Gasteiger partial charge in [0.1, 0.15) is 5.82 Å². The fourth-order valence-corrected chi connectivity index (χ4v) is 2.82. The van der Waals surface area contributed by atoms with Crippen LogP contribution in [0.3, 0.4) is 0 Å². The Morgan fingerprint density at radius 3 is 3.11 bits per heavy atom. The summed E-state index contributed by atoms with van der Waals surface area (Å²) in [5, 5.41) is 6.08. The van der Waals surface area contributed by atoms with Crippen LogP contribution in [0.5, 0.6) is 0 Å². The number of allylic oxidation sites excluding steroid dienone is 1. The third-order valence-electron chi connectivity index (χ3n) is 3.69. The van der Waals surface area contributed by atoms with Gasteiger partial charge in [-0.25, -0.2) is 4.39 Å². The molecular formula is C14H15FN2O. The zero-order valence-electron chi connectivity index (χ0n) is 9.95. The molecule has 0 bridgehead atoms. The summed E-state index contributed by atoms with van der Waals surface area (Å²) >= 11 is 0. The summed E-state index contributed by atoms with van der Waals surface area (Å²) in [5.74, 6) is 0.266. The third kappa shape index (κ3) is 1.98. The van der Waals surface area contributed by atoms with Crippen molar-refractivity contribution < 1.29 is 9.18 Å². The summed E-state index contributed by atoms with van der Waals surface area (Å²) < 4.78 is 13.1. The van der Waals surface area contributed by atoms with Gasteiger partial charge in [0.2, 0.25) is 0 Å². The molecule has 3 rings (SSSR count). The number of rotatable bonds is 3. The predicted octanol–water partition coefficient (Wildman–Crippen LogP) is 1.80. The molecule has 1 heterocycles. The van der Waals surface area contributed by atoms with Crippen molar-refractivity contribution >= 4 is 6.29 Å². The highest BCUT2D eigenvalue weighted by Crippen LogP contribution is 2.37. The Balaban J connectivity index is 1.72. The molecule has 2 atom stereocenters. The highest BCUT2D eigenvalue weighted by Gasteiger charge is 2.25. The van der Waals surface area contributed by atoms with E-state index in [4.69, 9.17) is 0 Å². The van der Waals surface area contributed by atoms with Crippen LogP contribution in [0.2, 0.25) is 0 Å². The van der Waals surface area contributed by atoms with Crippen LogP contribution in [0.25, 0.3) is 0 Å². The highest BCUT2D eigenvalue weighted by atomic mass is 19.1. The first-order valence-electron chi connectivity index (χ1n) is 6.21. The molecule has 0 saturated heterocycles. The smallest absolute Gasteiger partial charge is 0.162 e. The molecule has 0 spiro atoms. The molecule has 1 aliphatic carbocycles. The second-order valence-corrected chi connectivity index (χ2v) is 4.88. The van der Waals surface area contributed by atoms with Crippen LogP contribution in [0.15, 0.2) is 30.1 Å². The summed E-state index contributed by atoms with van der Waals surface area (Å²) in [5.41, 5.74) is 3.42. The van der Waals surface area contributed by atoms with Crippen molar-refractivity contribution in [3.63, 3.8) is 0 Å². The van der Waals surface area contributed by atoms with E-state index in [9.17, 15) is 9.18 Å². The molecule has 4 heteroatoms. The number of halogens is 1. The first-order chi connectivity index (χ1) is 8.76. The normalized spacial score (nSPS) is 25.1. The molecular weight excluding hydrogens is 231 g/mol. The van der Waals surface area contributed by atoms with Crippen molar-refractivity contribution in [2.75, 3.05) is 0 Å². The van der Waals surface area contributed by atoms with Gasteiger partial charge in [0.05, 0.1) is 0 Å². The molecule has 0 amide bonds. The molecule has 0 fully saturated rings. The number of benzene rings is 1. The Bertz CT molecular complexity index is 513. The van der Waals surface area contributed by atoms with Gasteiger partial charge >= 0.3 is 0 Å². The Hall–Kier alpha value is -1.84. The first-order valence-corrected chi connectivity index (χ1v) is 6.21. The van der Waals surface area contributed by atoms with E-state index < -0.39 is 0 Å². The fourth-order valence-electron chi connectivity index (χ4n) is 2.82. The first kappa shape index (κ1) is 11.3. The maximum Gasteiger partial charge on any atom is 0.162 e. The SMILES string of the molecule is O=CC1NC=C(CC2CCc3cc(F)ccc32)N1. The van der Waals surface area contributed by atoms with Gasteiger partial charge in [-0.1, -0.05) is 6.07 Å². The van der Waals surface area contributed by atoms with Crippen LogP contribution in [0.1, 0.15) is 29.9 Å². The van der Waals surface area contributed by atoms with Crippen molar-refractivity contribution in [3.8, 4) is 0 Å². The van der Waals surface area contributed by atoms with Crippen molar-refractivity contribution in [1.29, 1.82) is 0 Å².